The number of aryl methyl sites for hydroxylation is 1. The number of rotatable bonds is 7. The van der Waals surface area contributed by atoms with Crippen LogP contribution in [0.15, 0.2) is 47.8 Å². The van der Waals surface area contributed by atoms with Gasteiger partial charge in [0.15, 0.2) is 5.13 Å². The zero-order chi connectivity index (χ0) is 21.5. The van der Waals surface area contributed by atoms with E-state index in [1.54, 1.807) is 43.5 Å². The Labute approximate surface area is 183 Å². The Hall–Kier alpha value is -3.10. The second-order valence-electron chi connectivity index (χ2n) is 6.41. The van der Waals surface area contributed by atoms with Crippen molar-refractivity contribution >= 4 is 51.4 Å². The van der Waals surface area contributed by atoms with Crippen LogP contribution in [0.1, 0.15) is 17.7 Å². The van der Waals surface area contributed by atoms with E-state index in [-0.39, 0.29) is 12.3 Å². The van der Waals surface area contributed by atoms with E-state index in [4.69, 9.17) is 16.3 Å². The predicted molar refractivity (Wildman–Crippen MR) is 121 cm³/mol. The summed E-state index contributed by atoms with van der Waals surface area (Å²) in [6.45, 7) is 1.85. The molecule has 0 unspecified atom stereocenters. The van der Waals surface area contributed by atoms with E-state index in [2.05, 4.69) is 20.9 Å². The highest BCUT2D eigenvalue weighted by Crippen LogP contribution is 2.23. The highest BCUT2D eigenvalue weighted by atomic mass is 35.5. The van der Waals surface area contributed by atoms with Gasteiger partial charge in [0, 0.05) is 28.2 Å². The SMILES string of the molecule is COc1ccc(NC(=O)Nc2nc(CCC(=O)Nc3cccc(Cl)c3C)cs2)cc1. The van der Waals surface area contributed by atoms with Gasteiger partial charge < -0.3 is 15.4 Å². The molecule has 0 spiro atoms. The maximum absolute atomic E-state index is 12.2. The number of methoxy groups -OCH3 is 1. The van der Waals surface area contributed by atoms with Crippen molar-refractivity contribution in [3.63, 3.8) is 0 Å². The monoisotopic (exact) mass is 444 g/mol. The Balaban J connectivity index is 1.47. The average Bonchev–Trinajstić information content (AvgIpc) is 3.17. The maximum Gasteiger partial charge on any atom is 0.325 e. The number of aromatic nitrogens is 1. The van der Waals surface area contributed by atoms with Gasteiger partial charge in [-0.3, -0.25) is 10.1 Å². The van der Waals surface area contributed by atoms with Gasteiger partial charge in [0.2, 0.25) is 5.91 Å². The van der Waals surface area contributed by atoms with Gasteiger partial charge in [-0.1, -0.05) is 17.7 Å². The summed E-state index contributed by atoms with van der Waals surface area (Å²) < 4.78 is 5.09. The van der Waals surface area contributed by atoms with Crippen LogP contribution in [-0.2, 0) is 11.2 Å². The molecular weight excluding hydrogens is 424 g/mol. The predicted octanol–water partition coefficient (Wildman–Crippen LogP) is 5.33. The van der Waals surface area contributed by atoms with Crippen LogP contribution in [0.3, 0.4) is 0 Å². The Morgan fingerprint density at radius 2 is 1.87 bits per heavy atom. The number of hydrogen-bond donors (Lipinski definition) is 3. The minimum Gasteiger partial charge on any atom is -0.497 e. The third kappa shape index (κ3) is 5.95. The second kappa shape index (κ2) is 10.1. The molecule has 9 heteroatoms. The number of hydrogen-bond acceptors (Lipinski definition) is 5. The zero-order valence-corrected chi connectivity index (χ0v) is 18.1. The van der Waals surface area contributed by atoms with E-state index >= 15 is 0 Å². The van der Waals surface area contributed by atoms with Gasteiger partial charge in [-0.15, -0.1) is 11.3 Å². The minimum atomic E-state index is -0.393. The van der Waals surface area contributed by atoms with Crippen molar-refractivity contribution in [3.8, 4) is 5.75 Å². The van der Waals surface area contributed by atoms with Crippen LogP contribution in [0.25, 0.3) is 0 Å². The summed E-state index contributed by atoms with van der Waals surface area (Å²) in [7, 11) is 1.58. The fraction of sp³-hybridized carbons (Fsp3) is 0.190. The average molecular weight is 445 g/mol. The number of nitrogens with zero attached hydrogens (tertiary/aromatic N) is 1. The van der Waals surface area contributed by atoms with E-state index in [1.807, 2.05) is 18.4 Å². The fourth-order valence-electron chi connectivity index (χ4n) is 2.61. The molecule has 1 heterocycles. The first kappa shape index (κ1) is 21.6. The number of amides is 3. The highest BCUT2D eigenvalue weighted by molar-refractivity contribution is 7.13. The fourth-order valence-corrected chi connectivity index (χ4v) is 3.52. The van der Waals surface area contributed by atoms with Crippen molar-refractivity contribution in [2.24, 2.45) is 0 Å². The quantitative estimate of drug-likeness (QED) is 0.459. The molecule has 3 rings (SSSR count). The van der Waals surface area contributed by atoms with E-state index in [0.717, 1.165) is 11.3 Å². The highest BCUT2D eigenvalue weighted by Gasteiger charge is 2.10. The summed E-state index contributed by atoms with van der Waals surface area (Å²) in [6, 6.07) is 12.0. The standard InChI is InChI=1S/C21H21ClN4O3S/c1-13-17(22)4-3-5-18(13)25-19(27)11-8-15-12-30-21(24-15)26-20(28)23-14-6-9-16(29-2)10-7-14/h3-7,9-10,12H,8,11H2,1-2H3,(H,25,27)(H2,23,24,26,28). The molecule has 2 aromatic carbocycles. The van der Waals surface area contributed by atoms with Gasteiger partial charge in [-0.25, -0.2) is 9.78 Å². The lowest BCUT2D eigenvalue weighted by atomic mass is 10.2. The largest absolute Gasteiger partial charge is 0.497 e. The molecule has 1 aromatic heterocycles. The van der Waals surface area contributed by atoms with E-state index in [1.165, 1.54) is 11.3 Å². The number of anilines is 3. The first-order chi connectivity index (χ1) is 14.4. The molecule has 0 saturated heterocycles. The van der Waals surface area contributed by atoms with Crippen molar-refractivity contribution in [2.45, 2.75) is 19.8 Å². The van der Waals surface area contributed by atoms with Crippen molar-refractivity contribution in [1.29, 1.82) is 0 Å². The zero-order valence-electron chi connectivity index (χ0n) is 16.5. The Bertz CT molecular complexity index is 1040. The first-order valence-corrected chi connectivity index (χ1v) is 10.4. The Morgan fingerprint density at radius 1 is 1.10 bits per heavy atom. The third-order valence-corrected chi connectivity index (χ3v) is 5.49. The molecule has 30 heavy (non-hydrogen) atoms. The first-order valence-electron chi connectivity index (χ1n) is 9.16. The number of ether oxygens (including phenoxy) is 1. The Kier molecular flexibility index (Phi) is 7.26. The molecule has 0 radical (unpaired) electrons. The molecule has 0 bridgehead atoms. The normalized spacial score (nSPS) is 10.4. The van der Waals surface area contributed by atoms with E-state index in [9.17, 15) is 9.59 Å². The lowest BCUT2D eigenvalue weighted by Crippen LogP contribution is -2.19. The van der Waals surface area contributed by atoms with Gasteiger partial charge in [-0.2, -0.15) is 0 Å². The van der Waals surface area contributed by atoms with Gasteiger partial charge in [-0.05, 0) is 55.3 Å². The van der Waals surface area contributed by atoms with Crippen molar-refractivity contribution < 1.29 is 14.3 Å². The molecule has 3 aromatic rings. The summed E-state index contributed by atoms with van der Waals surface area (Å²) in [4.78, 5) is 28.7. The van der Waals surface area contributed by atoms with Crippen LogP contribution in [0.2, 0.25) is 5.02 Å². The second-order valence-corrected chi connectivity index (χ2v) is 7.68. The van der Waals surface area contributed by atoms with Crippen LogP contribution in [-0.4, -0.2) is 24.0 Å². The minimum absolute atomic E-state index is 0.125. The molecule has 0 fully saturated rings. The number of thiazole rings is 1. The summed E-state index contributed by atoms with van der Waals surface area (Å²) >= 11 is 7.38. The molecule has 0 aliphatic heterocycles. The number of carbonyl (C=O) groups is 2. The number of halogens is 1. The van der Waals surface area contributed by atoms with Crippen molar-refractivity contribution in [1.82, 2.24) is 4.98 Å². The molecule has 7 nitrogen and oxygen atoms in total. The number of urea groups is 1. The molecule has 0 saturated carbocycles. The summed E-state index contributed by atoms with van der Waals surface area (Å²) in [5.74, 6) is 0.584. The summed E-state index contributed by atoms with van der Waals surface area (Å²) in [5, 5.41) is 11.2. The van der Waals surface area contributed by atoms with Crippen LogP contribution in [0.4, 0.5) is 21.3 Å². The van der Waals surface area contributed by atoms with Gasteiger partial charge in [0.25, 0.3) is 0 Å². The molecule has 156 valence electrons. The summed E-state index contributed by atoms with van der Waals surface area (Å²) in [6.07, 6.45) is 0.733. The van der Waals surface area contributed by atoms with E-state index in [0.29, 0.717) is 33.7 Å². The van der Waals surface area contributed by atoms with Gasteiger partial charge >= 0.3 is 6.03 Å². The molecule has 3 amide bonds. The van der Waals surface area contributed by atoms with Crippen molar-refractivity contribution in [2.75, 3.05) is 23.1 Å². The van der Waals surface area contributed by atoms with Crippen LogP contribution in [0, 0.1) is 6.92 Å². The molecular formula is C21H21ClN4O3S. The number of carbonyl (C=O) groups excluding carboxylic acids is 2. The van der Waals surface area contributed by atoms with Crippen LogP contribution >= 0.6 is 22.9 Å². The molecule has 0 aliphatic rings. The summed E-state index contributed by atoms with van der Waals surface area (Å²) in [5.41, 5.74) is 2.90. The third-order valence-electron chi connectivity index (χ3n) is 4.27. The number of nitrogens with one attached hydrogen (secondary N) is 3. The topological polar surface area (TPSA) is 92.3 Å². The van der Waals surface area contributed by atoms with E-state index < -0.39 is 6.03 Å². The maximum atomic E-state index is 12.2. The molecule has 0 atom stereocenters. The Morgan fingerprint density at radius 3 is 2.60 bits per heavy atom. The molecule has 0 aliphatic carbocycles. The molecule has 3 N–H and O–H groups in total. The lowest BCUT2D eigenvalue weighted by molar-refractivity contribution is -0.116. The lowest BCUT2D eigenvalue weighted by Gasteiger charge is -2.09. The van der Waals surface area contributed by atoms with Gasteiger partial charge in [0.05, 0.1) is 12.8 Å². The van der Waals surface area contributed by atoms with Crippen molar-refractivity contribution in [3.05, 3.63) is 64.1 Å². The van der Waals surface area contributed by atoms with Crippen LogP contribution in [0.5, 0.6) is 5.75 Å². The van der Waals surface area contributed by atoms with Crippen LogP contribution < -0.4 is 20.7 Å². The number of benzene rings is 2. The smallest absolute Gasteiger partial charge is 0.325 e. The van der Waals surface area contributed by atoms with Gasteiger partial charge in [0.1, 0.15) is 5.75 Å².